The van der Waals surface area contributed by atoms with E-state index in [1.807, 2.05) is 0 Å². The Bertz CT molecular complexity index is 740. The predicted molar refractivity (Wildman–Crippen MR) is 113 cm³/mol. The van der Waals surface area contributed by atoms with Crippen molar-refractivity contribution in [3.63, 3.8) is 0 Å². The van der Waals surface area contributed by atoms with Crippen LogP contribution >= 0.6 is 11.3 Å². The summed E-state index contributed by atoms with van der Waals surface area (Å²) in [6.45, 7) is 11.2. The maximum absolute atomic E-state index is 13.3. The Kier molecular flexibility index (Phi) is 6.77. The third-order valence-electron chi connectivity index (χ3n) is 5.57. The van der Waals surface area contributed by atoms with E-state index in [0.717, 1.165) is 45.6 Å². The summed E-state index contributed by atoms with van der Waals surface area (Å²) in [6.07, 6.45) is 4.05. The van der Waals surface area contributed by atoms with E-state index in [9.17, 15) is 4.79 Å². The van der Waals surface area contributed by atoms with Gasteiger partial charge in [-0.2, -0.15) is 0 Å². The van der Waals surface area contributed by atoms with Gasteiger partial charge in [0.2, 0.25) is 5.91 Å². The topological polar surface area (TPSA) is 28.5 Å². The molecule has 0 aromatic carbocycles. The molecule has 0 bridgehead atoms. The van der Waals surface area contributed by atoms with Gasteiger partial charge >= 0.3 is 0 Å². The average Bonchev–Trinajstić information content (AvgIpc) is 3.23. The zero-order chi connectivity index (χ0) is 19.4. The van der Waals surface area contributed by atoms with Crippen molar-refractivity contribution in [2.24, 2.45) is 18.9 Å². The summed E-state index contributed by atoms with van der Waals surface area (Å²) in [4.78, 5) is 19.2. The van der Waals surface area contributed by atoms with Gasteiger partial charge < -0.3 is 9.47 Å². The number of aryl methyl sites for hydroxylation is 2. The van der Waals surface area contributed by atoms with Gasteiger partial charge in [0.05, 0.1) is 6.54 Å². The summed E-state index contributed by atoms with van der Waals surface area (Å²) in [7, 11) is 2.10. The lowest BCUT2D eigenvalue weighted by atomic mass is 9.94. The van der Waals surface area contributed by atoms with Crippen LogP contribution < -0.4 is 0 Å². The number of thiophene rings is 1. The van der Waals surface area contributed by atoms with Crippen LogP contribution in [0.15, 0.2) is 29.8 Å². The third kappa shape index (κ3) is 5.23. The summed E-state index contributed by atoms with van der Waals surface area (Å²) in [5, 5.41) is 2.13. The average molecular weight is 388 g/mol. The molecule has 3 rings (SSSR count). The fourth-order valence-corrected chi connectivity index (χ4v) is 4.82. The number of likely N-dealkylation sites (tertiary alicyclic amines) is 1. The highest BCUT2D eigenvalue weighted by Crippen LogP contribution is 2.25. The second-order valence-electron chi connectivity index (χ2n) is 8.30. The Hall–Kier alpha value is -1.59. The number of aromatic nitrogens is 1. The van der Waals surface area contributed by atoms with Gasteiger partial charge in [-0.25, -0.2) is 0 Å². The van der Waals surface area contributed by atoms with Crippen molar-refractivity contribution in [2.75, 3.05) is 19.6 Å². The molecule has 0 spiro atoms. The van der Waals surface area contributed by atoms with Crippen LogP contribution in [0.25, 0.3) is 0 Å². The smallest absolute Gasteiger partial charge is 0.226 e. The Balaban J connectivity index is 1.58. The Morgan fingerprint density at radius 3 is 2.59 bits per heavy atom. The van der Waals surface area contributed by atoms with Crippen molar-refractivity contribution in [1.82, 2.24) is 14.4 Å². The number of carbonyl (C=O) groups is 1. The monoisotopic (exact) mass is 387 g/mol. The molecule has 0 unspecified atom stereocenters. The lowest BCUT2D eigenvalue weighted by molar-refractivity contribution is -0.138. The molecular weight excluding hydrogens is 354 g/mol. The minimum atomic E-state index is 0.175. The van der Waals surface area contributed by atoms with Crippen LogP contribution in [0.2, 0.25) is 0 Å². The van der Waals surface area contributed by atoms with Crippen LogP contribution in [0.5, 0.6) is 0 Å². The Labute approximate surface area is 167 Å². The van der Waals surface area contributed by atoms with Crippen LogP contribution in [0.3, 0.4) is 0 Å². The molecule has 1 aliphatic heterocycles. The number of piperidine rings is 1. The number of rotatable bonds is 7. The first-order valence-electron chi connectivity index (χ1n) is 10.1. The first kappa shape index (κ1) is 20.2. The van der Waals surface area contributed by atoms with E-state index in [4.69, 9.17) is 0 Å². The van der Waals surface area contributed by atoms with Crippen molar-refractivity contribution in [3.8, 4) is 0 Å². The predicted octanol–water partition coefficient (Wildman–Crippen LogP) is 4.29. The molecule has 4 nitrogen and oxygen atoms in total. The van der Waals surface area contributed by atoms with E-state index >= 15 is 0 Å². The van der Waals surface area contributed by atoms with E-state index in [1.165, 1.54) is 16.1 Å². The summed E-state index contributed by atoms with van der Waals surface area (Å²) in [5.74, 6) is 1.02. The van der Waals surface area contributed by atoms with Crippen molar-refractivity contribution in [3.05, 3.63) is 45.9 Å². The lowest BCUT2D eigenvalue weighted by Crippen LogP contribution is -2.43. The molecular formula is C22H33N3OS. The van der Waals surface area contributed by atoms with Crippen LogP contribution in [0.4, 0.5) is 0 Å². The summed E-state index contributed by atoms with van der Waals surface area (Å²) in [6, 6.07) is 6.44. The molecule has 1 saturated heterocycles. The molecule has 0 atom stereocenters. The molecule has 1 fully saturated rings. The maximum atomic E-state index is 13.3. The molecule has 0 N–H and O–H groups in total. The highest BCUT2D eigenvalue weighted by molar-refractivity contribution is 7.10. The van der Waals surface area contributed by atoms with Crippen molar-refractivity contribution < 1.29 is 4.79 Å². The molecule has 0 radical (unpaired) electrons. The van der Waals surface area contributed by atoms with Crippen LogP contribution in [-0.2, 0) is 24.9 Å². The molecule has 5 heteroatoms. The summed E-state index contributed by atoms with van der Waals surface area (Å²) >= 11 is 1.77. The maximum Gasteiger partial charge on any atom is 0.226 e. The molecule has 1 amide bonds. The van der Waals surface area contributed by atoms with E-state index in [2.05, 4.69) is 72.0 Å². The number of hydrogen-bond donors (Lipinski definition) is 0. The van der Waals surface area contributed by atoms with Gasteiger partial charge in [-0.15, -0.1) is 11.3 Å². The second kappa shape index (κ2) is 9.07. The van der Waals surface area contributed by atoms with Gasteiger partial charge in [-0.3, -0.25) is 9.69 Å². The molecule has 148 valence electrons. The molecule has 2 aromatic heterocycles. The van der Waals surface area contributed by atoms with Gasteiger partial charge in [0.25, 0.3) is 0 Å². The molecule has 3 heterocycles. The fourth-order valence-electron chi connectivity index (χ4n) is 3.90. The molecule has 27 heavy (non-hydrogen) atoms. The largest absolute Gasteiger partial charge is 0.353 e. The van der Waals surface area contributed by atoms with Gasteiger partial charge in [0, 0.05) is 42.8 Å². The summed E-state index contributed by atoms with van der Waals surface area (Å²) in [5.41, 5.74) is 2.65. The normalized spacial score (nSPS) is 16.2. The quantitative estimate of drug-likeness (QED) is 0.709. The lowest BCUT2D eigenvalue weighted by Gasteiger charge is -2.35. The van der Waals surface area contributed by atoms with E-state index in [1.54, 1.807) is 11.3 Å². The van der Waals surface area contributed by atoms with Crippen molar-refractivity contribution in [2.45, 2.75) is 46.7 Å². The third-order valence-corrected chi connectivity index (χ3v) is 6.58. The number of amides is 1. The highest BCUT2D eigenvalue weighted by Gasteiger charge is 2.29. The SMILES string of the molecule is Cc1ccsc1CN(CC(C)C)C(=O)C1CCN(Cc2cccn2C)CC1. The number of carbonyl (C=O) groups excluding carboxylic acids is 1. The zero-order valence-electron chi connectivity index (χ0n) is 17.1. The van der Waals surface area contributed by atoms with Crippen LogP contribution in [0, 0.1) is 18.8 Å². The second-order valence-corrected chi connectivity index (χ2v) is 9.30. The van der Waals surface area contributed by atoms with Crippen molar-refractivity contribution >= 4 is 17.2 Å². The zero-order valence-corrected chi connectivity index (χ0v) is 18.0. The van der Waals surface area contributed by atoms with Gasteiger partial charge in [0.1, 0.15) is 0 Å². The van der Waals surface area contributed by atoms with E-state index in [0.29, 0.717) is 11.8 Å². The first-order chi connectivity index (χ1) is 12.9. The highest BCUT2D eigenvalue weighted by atomic mass is 32.1. The van der Waals surface area contributed by atoms with Crippen molar-refractivity contribution in [1.29, 1.82) is 0 Å². The van der Waals surface area contributed by atoms with Crippen LogP contribution in [-0.4, -0.2) is 39.9 Å². The Morgan fingerprint density at radius 1 is 1.30 bits per heavy atom. The van der Waals surface area contributed by atoms with Gasteiger partial charge in [-0.1, -0.05) is 13.8 Å². The van der Waals surface area contributed by atoms with Gasteiger partial charge in [0.15, 0.2) is 0 Å². The minimum Gasteiger partial charge on any atom is -0.353 e. The molecule has 0 aliphatic carbocycles. The number of hydrogen-bond acceptors (Lipinski definition) is 3. The van der Waals surface area contributed by atoms with Crippen LogP contribution in [0.1, 0.15) is 42.8 Å². The first-order valence-corrected chi connectivity index (χ1v) is 11.0. The van der Waals surface area contributed by atoms with E-state index < -0.39 is 0 Å². The molecule has 1 aliphatic rings. The molecule has 0 saturated carbocycles. The summed E-state index contributed by atoms with van der Waals surface area (Å²) < 4.78 is 2.19. The van der Waals surface area contributed by atoms with Gasteiger partial charge in [-0.05, 0) is 67.9 Å². The minimum absolute atomic E-state index is 0.175. The van der Waals surface area contributed by atoms with E-state index in [-0.39, 0.29) is 5.92 Å². The number of nitrogens with zero attached hydrogens (tertiary/aromatic N) is 3. The Morgan fingerprint density at radius 2 is 2.04 bits per heavy atom. The fraction of sp³-hybridized carbons (Fsp3) is 0.591. The molecule has 2 aromatic rings. The standard InChI is InChI=1S/C22H33N3OS/c1-17(2)14-25(16-21-18(3)9-13-27-21)22(26)19-7-11-24(12-8-19)15-20-6-5-10-23(20)4/h5-6,9-10,13,17,19H,7-8,11-12,14-16H2,1-4H3.